The second-order valence-electron chi connectivity index (χ2n) is 6.32. The van der Waals surface area contributed by atoms with Gasteiger partial charge in [-0.1, -0.05) is 26.3 Å². The molecular weight excluding hydrogens is 208 g/mol. The number of rotatable bonds is 3. The van der Waals surface area contributed by atoms with Crippen LogP contribution in [0.2, 0.25) is 0 Å². The second kappa shape index (κ2) is 5.63. The van der Waals surface area contributed by atoms with Crippen LogP contribution in [0.25, 0.3) is 0 Å². The lowest BCUT2D eigenvalue weighted by molar-refractivity contribution is 0.350. The first-order valence-corrected chi connectivity index (χ1v) is 6.36. The summed E-state index contributed by atoms with van der Waals surface area (Å²) in [7, 11) is 2.17. The molecule has 0 radical (unpaired) electrons. The van der Waals surface area contributed by atoms with E-state index in [1.807, 2.05) is 0 Å². The van der Waals surface area contributed by atoms with Gasteiger partial charge in [-0.05, 0) is 50.6 Å². The first kappa shape index (κ1) is 14.2. The maximum absolute atomic E-state index is 4.18. The molecule has 1 aliphatic heterocycles. The summed E-state index contributed by atoms with van der Waals surface area (Å²) < 4.78 is 0. The van der Waals surface area contributed by atoms with Crippen molar-refractivity contribution >= 4 is 6.72 Å². The normalized spacial score (nSPS) is 19.7. The third-order valence-electron chi connectivity index (χ3n) is 3.07. The Morgan fingerprint density at radius 2 is 2.12 bits per heavy atom. The Balaban J connectivity index is 2.85. The zero-order chi connectivity index (χ0) is 13.1. The molecule has 1 heterocycles. The van der Waals surface area contributed by atoms with Gasteiger partial charge in [0.1, 0.15) is 0 Å². The third kappa shape index (κ3) is 4.86. The van der Waals surface area contributed by atoms with E-state index in [0.717, 1.165) is 31.6 Å². The Hall–Kier alpha value is -0.890. The third-order valence-corrected chi connectivity index (χ3v) is 3.07. The summed E-state index contributed by atoms with van der Waals surface area (Å²) in [4.78, 5) is 6.54. The Morgan fingerprint density at radius 1 is 1.47 bits per heavy atom. The molecule has 0 unspecified atom stereocenters. The molecular formula is C15H26N2. The van der Waals surface area contributed by atoms with Crippen LogP contribution < -0.4 is 0 Å². The molecule has 0 amide bonds. The van der Waals surface area contributed by atoms with Gasteiger partial charge in [-0.3, -0.25) is 4.99 Å². The van der Waals surface area contributed by atoms with Crippen molar-refractivity contribution < 1.29 is 0 Å². The molecule has 0 aromatic rings. The molecule has 0 N–H and O–H groups in total. The maximum Gasteiger partial charge on any atom is 0.0404 e. The highest BCUT2D eigenvalue weighted by molar-refractivity contribution is 5.35. The maximum atomic E-state index is 4.18. The summed E-state index contributed by atoms with van der Waals surface area (Å²) in [5, 5.41) is 0. The van der Waals surface area contributed by atoms with Crippen LogP contribution in [0.15, 0.2) is 27.9 Å². The van der Waals surface area contributed by atoms with Crippen LogP contribution in [0.5, 0.6) is 0 Å². The number of hydrogen-bond acceptors (Lipinski definition) is 2. The van der Waals surface area contributed by atoms with Crippen LogP contribution in [0, 0.1) is 5.41 Å². The average molecular weight is 234 g/mol. The standard InChI is InChI=1S/C15H26N2/c1-12-11-17(6)8-7-13(12)9-14(16-5)10-15(2,3)4/h9H,5,7-8,10-11H2,1-4,6H3/b14-9-. The van der Waals surface area contributed by atoms with Crippen molar-refractivity contribution in [2.45, 2.75) is 40.5 Å². The molecule has 0 bridgehead atoms. The molecule has 2 heteroatoms. The van der Waals surface area contributed by atoms with Gasteiger partial charge in [-0.2, -0.15) is 0 Å². The van der Waals surface area contributed by atoms with E-state index < -0.39 is 0 Å². The van der Waals surface area contributed by atoms with Gasteiger partial charge in [0.05, 0.1) is 0 Å². The first-order chi connectivity index (χ1) is 7.81. The SMILES string of the molecule is C=N/C(=C\C1=C(C)CN(C)CC1)CC(C)(C)C. The van der Waals surface area contributed by atoms with Gasteiger partial charge < -0.3 is 4.90 Å². The molecule has 0 aromatic heterocycles. The molecule has 0 saturated carbocycles. The van der Waals surface area contributed by atoms with Crippen LogP contribution in [0.4, 0.5) is 0 Å². The minimum atomic E-state index is 0.271. The quantitative estimate of drug-likeness (QED) is 0.680. The van der Waals surface area contributed by atoms with Crippen LogP contribution >= 0.6 is 0 Å². The topological polar surface area (TPSA) is 15.6 Å². The summed E-state index contributed by atoms with van der Waals surface area (Å²) in [6.45, 7) is 14.9. The number of allylic oxidation sites excluding steroid dienone is 2. The van der Waals surface area contributed by atoms with Gasteiger partial charge >= 0.3 is 0 Å². The molecule has 1 rings (SSSR count). The summed E-state index contributed by atoms with van der Waals surface area (Å²) >= 11 is 0. The zero-order valence-electron chi connectivity index (χ0n) is 12.0. The van der Waals surface area contributed by atoms with Crippen molar-refractivity contribution in [2.24, 2.45) is 10.4 Å². The van der Waals surface area contributed by atoms with E-state index in [1.165, 1.54) is 11.1 Å². The Labute approximate surface area is 106 Å². The summed E-state index contributed by atoms with van der Waals surface area (Å²) in [5.74, 6) is 0. The zero-order valence-corrected chi connectivity index (χ0v) is 12.0. The fourth-order valence-corrected chi connectivity index (χ4v) is 2.20. The lowest BCUT2D eigenvalue weighted by Crippen LogP contribution is -2.26. The van der Waals surface area contributed by atoms with E-state index in [9.17, 15) is 0 Å². The van der Waals surface area contributed by atoms with Crippen LogP contribution in [-0.4, -0.2) is 31.8 Å². The molecule has 0 atom stereocenters. The molecule has 1 aliphatic rings. The van der Waals surface area contributed by atoms with E-state index in [1.54, 1.807) is 0 Å². The predicted octanol–water partition coefficient (Wildman–Crippen LogP) is 3.66. The summed E-state index contributed by atoms with van der Waals surface area (Å²) in [6, 6.07) is 0. The monoisotopic (exact) mass is 234 g/mol. The van der Waals surface area contributed by atoms with Crippen molar-refractivity contribution in [1.29, 1.82) is 0 Å². The van der Waals surface area contributed by atoms with Crippen molar-refractivity contribution in [2.75, 3.05) is 20.1 Å². The molecule has 0 spiro atoms. The molecule has 0 aliphatic carbocycles. The lowest BCUT2D eigenvalue weighted by atomic mass is 9.89. The van der Waals surface area contributed by atoms with Crippen molar-refractivity contribution in [3.63, 3.8) is 0 Å². The highest BCUT2D eigenvalue weighted by Crippen LogP contribution is 2.27. The molecule has 0 aromatic carbocycles. The molecule has 17 heavy (non-hydrogen) atoms. The summed E-state index contributed by atoms with van der Waals surface area (Å²) in [6.07, 6.45) is 4.37. The fourth-order valence-electron chi connectivity index (χ4n) is 2.20. The van der Waals surface area contributed by atoms with E-state index >= 15 is 0 Å². The van der Waals surface area contributed by atoms with E-state index in [4.69, 9.17) is 0 Å². The smallest absolute Gasteiger partial charge is 0.0404 e. The molecule has 96 valence electrons. The van der Waals surface area contributed by atoms with Gasteiger partial charge in [-0.15, -0.1) is 0 Å². The highest BCUT2D eigenvalue weighted by atomic mass is 15.1. The number of likely N-dealkylation sites (N-methyl/N-ethyl adjacent to an activating group) is 1. The Kier molecular flexibility index (Phi) is 4.70. The largest absolute Gasteiger partial charge is 0.302 e. The molecule has 0 saturated heterocycles. The first-order valence-electron chi connectivity index (χ1n) is 6.36. The molecule has 2 nitrogen and oxygen atoms in total. The molecule has 0 fully saturated rings. The number of hydrogen-bond donors (Lipinski definition) is 0. The van der Waals surface area contributed by atoms with E-state index in [0.29, 0.717) is 0 Å². The van der Waals surface area contributed by atoms with Gasteiger partial charge in [0, 0.05) is 18.8 Å². The van der Waals surface area contributed by atoms with Gasteiger partial charge in [0.2, 0.25) is 0 Å². The minimum absolute atomic E-state index is 0.271. The average Bonchev–Trinajstić information content (AvgIpc) is 2.19. The van der Waals surface area contributed by atoms with Gasteiger partial charge in [0.25, 0.3) is 0 Å². The summed E-state index contributed by atoms with van der Waals surface area (Å²) in [5.41, 5.74) is 4.31. The Morgan fingerprint density at radius 3 is 2.59 bits per heavy atom. The van der Waals surface area contributed by atoms with Crippen LogP contribution in [0.3, 0.4) is 0 Å². The Bertz CT molecular complexity index is 342. The number of aliphatic imine (C=N–C) groups is 1. The predicted molar refractivity (Wildman–Crippen MR) is 76.5 cm³/mol. The number of nitrogens with zero attached hydrogens (tertiary/aromatic N) is 2. The highest BCUT2D eigenvalue weighted by Gasteiger charge is 2.15. The van der Waals surface area contributed by atoms with Crippen LogP contribution in [0.1, 0.15) is 40.5 Å². The van der Waals surface area contributed by atoms with E-state index in [2.05, 4.69) is 57.4 Å². The van der Waals surface area contributed by atoms with Crippen molar-refractivity contribution in [3.05, 3.63) is 22.9 Å². The van der Waals surface area contributed by atoms with Gasteiger partial charge in [0.15, 0.2) is 0 Å². The fraction of sp³-hybridized carbons (Fsp3) is 0.667. The van der Waals surface area contributed by atoms with Crippen molar-refractivity contribution in [1.82, 2.24) is 4.90 Å². The van der Waals surface area contributed by atoms with Crippen LogP contribution in [-0.2, 0) is 0 Å². The van der Waals surface area contributed by atoms with Gasteiger partial charge in [-0.25, -0.2) is 0 Å². The minimum Gasteiger partial charge on any atom is -0.302 e. The van der Waals surface area contributed by atoms with Crippen molar-refractivity contribution in [3.8, 4) is 0 Å². The second-order valence-corrected chi connectivity index (χ2v) is 6.32. The lowest BCUT2D eigenvalue weighted by Gasteiger charge is -2.25. The van der Waals surface area contributed by atoms with E-state index in [-0.39, 0.29) is 5.41 Å².